The van der Waals surface area contributed by atoms with Gasteiger partial charge < -0.3 is 15.0 Å². The molecule has 0 unspecified atom stereocenters. The van der Waals surface area contributed by atoms with Crippen LogP contribution in [-0.2, 0) is 20.7 Å². The maximum atomic E-state index is 12.9. The first-order valence-corrected chi connectivity index (χ1v) is 11.0. The summed E-state index contributed by atoms with van der Waals surface area (Å²) in [5, 5.41) is 3.01. The van der Waals surface area contributed by atoms with Gasteiger partial charge in [-0.25, -0.2) is 0 Å². The molecule has 1 aliphatic heterocycles. The van der Waals surface area contributed by atoms with E-state index >= 15 is 0 Å². The van der Waals surface area contributed by atoms with E-state index in [0.29, 0.717) is 39.1 Å². The van der Waals surface area contributed by atoms with Crippen molar-refractivity contribution in [3.8, 4) is 0 Å². The van der Waals surface area contributed by atoms with Gasteiger partial charge in [0.25, 0.3) is 0 Å². The van der Waals surface area contributed by atoms with Crippen molar-refractivity contribution in [3.63, 3.8) is 0 Å². The Morgan fingerprint density at radius 1 is 0.812 bits per heavy atom. The summed E-state index contributed by atoms with van der Waals surface area (Å²) in [6.45, 7) is 2.50. The van der Waals surface area contributed by atoms with Gasteiger partial charge >= 0.3 is 0 Å². The SMILES string of the molecule is O=C(CC(c1ccccc1)c1ccccc1)Nc1ccc(CC(=O)N2CCOCC2)cc1. The second-order valence-electron chi connectivity index (χ2n) is 7.99. The molecule has 1 N–H and O–H groups in total. The molecule has 32 heavy (non-hydrogen) atoms. The number of nitrogens with zero attached hydrogens (tertiary/aromatic N) is 1. The molecule has 0 aliphatic carbocycles. The fourth-order valence-corrected chi connectivity index (χ4v) is 4.00. The minimum absolute atomic E-state index is 0.0113. The molecule has 5 nitrogen and oxygen atoms in total. The summed E-state index contributed by atoms with van der Waals surface area (Å²) in [7, 11) is 0. The summed E-state index contributed by atoms with van der Waals surface area (Å²) in [5.74, 6) is 0.0568. The number of carbonyl (C=O) groups is 2. The molecule has 0 saturated carbocycles. The van der Waals surface area contributed by atoms with Crippen LogP contribution in [0.15, 0.2) is 84.9 Å². The molecule has 3 aromatic rings. The Bertz CT molecular complexity index is 974. The second-order valence-corrected chi connectivity index (χ2v) is 7.99. The zero-order valence-corrected chi connectivity index (χ0v) is 18.1. The fourth-order valence-electron chi connectivity index (χ4n) is 4.00. The Hall–Kier alpha value is -3.44. The lowest BCUT2D eigenvalue weighted by molar-refractivity contribution is -0.134. The predicted octanol–water partition coefficient (Wildman–Crippen LogP) is 4.25. The third kappa shape index (κ3) is 5.83. The number of amides is 2. The zero-order chi connectivity index (χ0) is 22.2. The summed E-state index contributed by atoms with van der Waals surface area (Å²) >= 11 is 0. The molecule has 0 bridgehead atoms. The van der Waals surface area contributed by atoms with E-state index in [-0.39, 0.29) is 17.7 Å². The van der Waals surface area contributed by atoms with Gasteiger partial charge in [-0.15, -0.1) is 0 Å². The minimum Gasteiger partial charge on any atom is -0.378 e. The quantitative estimate of drug-likeness (QED) is 0.612. The first-order valence-electron chi connectivity index (χ1n) is 11.0. The molecule has 2 amide bonds. The number of anilines is 1. The van der Waals surface area contributed by atoms with Gasteiger partial charge in [0.1, 0.15) is 0 Å². The maximum absolute atomic E-state index is 12.9. The van der Waals surface area contributed by atoms with E-state index in [2.05, 4.69) is 29.6 Å². The monoisotopic (exact) mass is 428 g/mol. The van der Waals surface area contributed by atoms with Gasteiger partial charge in [-0.05, 0) is 28.8 Å². The Labute approximate surface area is 189 Å². The van der Waals surface area contributed by atoms with Crippen LogP contribution >= 0.6 is 0 Å². The minimum atomic E-state index is -0.0418. The van der Waals surface area contributed by atoms with Gasteiger partial charge in [-0.3, -0.25) is 9.59 Å². The summed E-state index contributed by atoms with van der Waals surface area (Å²) in [6, 6.07) is 27.7. The fraction of sp³-hybridized carbons (Fsp3) is 0.259. The van der Waals surface area contributed by atoms with E-state index < -0.39 is 0 Å². The van der Waals surface area contributed by atoms with Crippen LogP contribution in [0.1, 0.15) is 29.0 Å². The van der Waals surface area contributed by atoms with Crippen molar-refractivity contribution >= 4 is 17.5 Å². The number of rotatable bonds is 7. The Morgan fingerprint density at radius 2 is 1.38 bits per heavy atom. The molecular formula is C27H28N2O3. The molecule has 1 fully saturated rings. The number of benzene rings is 3. The highest BCUT2D eigenvalue weighted by Crippen LogP contribution is 2.28. The lowest BCUT2D eigenvalue weighted by Gasteiger charge is -2.26. The van der Waals surface area contributed by atoms with Crippen molar-refractivity contribution < 1.29 is 14.3 Å². The van der Waals surface area contributed by atoms with Crippen LogP contribution in [0.2, 0.25) is 0 Å². The third-order valence-corrected chi connectivity index (χ3v) is 5.75. The summed E-state index contributed by atoms with van der Waals surface area (Å²) in [5.41, 5.74) is 3.90. The number of hydrogen-bond acceptors (Lipinski definition) is 3. The van der Waals surface area contributed by atoms with Crippen LogP contribution in [0.25, 0.3) is 0 Å². The molecule has 0 radical (unpaired) electrons. The van der Waals surface area contributed by atoms with E-state index in [9.17, 15) is 9.59 Å². The Balaban J connectivity index is 1.38. The molecule has 1 aliphatic rings. The van der Waals surface area contributed by atoms with Crippen molar-refractivity contribution in [2.24, 2.45) is 0 Å². The highest BCUT2D eigenvalue weighted by atomic mass is 16.5. The summed E-state index contributed by atoms with van der Waals surface area (Å²) in [4.78, 5) is 27.1. The summed E-state index contributed by atoms with van der Waals surface area (Å²) < 4.78 is 5.30. The van der Waals surface area contributed by atoms with E-state index in [0.717, 1.165) is 22.4 Å². The van der Waals surface area contributed by atoms with Crippen molar-refractivity contribution in [1.29, 1.82) is 0 Å². The number of hydrogen-bond donors (Lipinski definition) is 1. The van der Waals surface area contributed by atoms with Gasteiger partial charge in [0.15, 0.2) is 0 Å². The largest absolute Gasteiger partial charge is 0.378 e. The summed E-state index contributed by atoms with van der Waals surface area (Å²) in [6.07, 6.45) is 0.712. The molecular weight excluding hydrogens is 400 g/mol. The van der Waals surface area contributed by atoms with E-state index in [1.165, 1.54) is 0 Å². The van der Waals surface area contributed by atoms with Crippen LogP contribution in [0, 0.1) is 0 Å². The van der Waals surface area contributed by atoms with Crippen LogP contribution < -0.4 is 5.32 Å². The molecule has 0 spiro atoms. The smallest absolute Gasteiger partial charge is 0.227 e. The average Bonchev–Trinajstić information content (AvgIpc) is 2.85. The number of carbonyl (C=O) groups excluding carboxylic acids is 2. The predicted molar refractivity (Wildman–Crippen MR) is 126 cm³/mol. The highest BCUT2D eigenvalue weighted by molar-refractivity contribution is 5.91. The normalized spacial score (nSPS) is 13.7. The zero-order valence-electron chi connectivity index (χ0n) is 18.1. The van der Waals surface area contributed by atoms with Crippen LogP contribution in [0.3, 0.4) is 0 Å². The number of morpholine rings is 1. The van der Waals surface area contributed by atoms with Crippen molar-refractivity contribution in [3.05, 3.63) is 102 Å². The van der Waals surface area contributed by atoms with Gasteiger partial charge in [-0.1, -0.05) is 72.8 Å². The molecule has 3 aromatic carbocycles. The van der Waals surface area contributed by atoms with Gasteiger partial charge in [0.2, 0.25) is 11.8 Å². The van der Waals surface area contributed by atoms with E-state index in [4.69, 9.17) is 4.74 Å². The van der Waals surface area contributed by atoms with Gasteiger partial charge in [0, 0.05) is 31.1 Å². The molecule has 1 heterocycles. The van der Waals surface area contributed by atoms with Crippen LogP contribution in [0.4, 0.5) is 5.69 Å². The molecule has 1 saturated heterocycles. The number of nitrogens with one attached hydrogen (secondary N) is 1. The van der Waals surface area contributed by atoms with Crippen molar-refractivity contribution in [2.45, 2.75) is 18.8 Å². The average molecular weight is 429 g/mol. The lowest BCUT2D eigenvalue weighted by atomic mass is 9.88. The highest BCUT2D eigenvalue weighted by Gasteiger charge is 2.19. The Kier molecular flexibility index (Phi) is 7.31. The topological polar surface area (TPSA) is 58.6 Å². The van der Waals surface area contributed by atoms with Crippen molar-refractivity contribution in [2.75, 3.05) is 31.6 Å². The standard InChI is InChI=1S/C27H28N2O3/c30-26(20-25(22-7-3-1-4-8-22)23-9-5-2-6-10-23)28-24-13-11-21(12-14-24)19-27(31)29-15-17-32-18-16-29/h1-14,25H,15-20H2,(H,28,30). The molecule has 0 atom stereocenters. The van der Waals surface area contributed by atoms with E-state index in [1.54, 1.807) is 0 Å². The van der Waals surface area contributed by atoms with Gasteiger partial charge in [0.05, 0.1) is 19.6 Å². The van der Waals surface area contributed by atoms with Crippen LogP contribution in [-0.4, -0.2) is 43.0 Å². The Morgan fingerprint density at radius 3 is 1.94 bits per heavy atom. The molecule has 0 aromatic heterocycles. The second kappa shape index (κ2) is 10.7. The third-order valence-electron chi connectivity index (χ3n) is 5.75. The lowest BCUT2D eigenvalue weighted by Crippen LogP contribution is -2.41. The molecule has 5 heteroatoms. The van der Waals surface area contributed by atoms with Gasteiger partial charge in [-0.2, -0.15) is 0 Å². The number of ether oxygens (including phenoxy) is 1. The van der Waals surface area contributed by atoms with Crippen molar-refractivity contribution in [1.82, 2.24) is 4.90 Å². The first-order chi connectivity index (χ1) is 15.7. The maximum Gasteiger partial charge on any atom is 0.227 e. The van der Waals surface area contributed by atoms with Crippen LogP contribution in [0.5, 0.6) is 0 Å². The molecule has 4 rings (SSSR count). The molecule has 164 valence electrons. The first kappa shape index (κ1) is 21.8. The van der Waals surface area contributed by atoms with E-state index in [1.807, 2.05) is 65.6 Å².